The van der Waals surface area contributed by atoms with Crippen LogP contribution in [0.25, 0.3) is 0 Å². The predicted molar refractivity (Wildman–Crippen MR) is 41.5 cm³/mol. The van der Waals surface area contributed by atoms with Gasteiger partial charge in [0.25, 0.3) is 0 Å². The molecule has 0 amide bonds. The lowest BCUT2D eigenvalue weighted by atomic mass is 10.5. The molecule has 4 heteroatoms. The zero-order valence-electron chi connectivity index (χ0n) is 6.55. The summed E-state index contributed by atoms with van der Waals surface area (Å²) in [6.07, 6.45) is 1.76. The lowest BCUT2D eigenvalue weighted by Crippen LogP contribution is -1.87. The van der Waals surface area contributed by atoms with Crippen molar-refractivity contribution in [3.05, 3.63) is 0 Å². The van der Waals surface area contributed by atoms with Gasteiger partial charge in [-0.3, -0.25) is 4.57 Å². The third kappa shape index (κ3) is 6.27. The molecule has 0 aromatic heterocycles. The average molecular weight is 166 g/mol. The minimum Gasteiger partial charge on any atom is -0.311 e. The van der Waals surface area contributed by atoms with Crippen molar-refractivity contribution in [1.29, 1.82) is 0 Å². The van der Waals surface area contributed by atoms with Crippen LogP contribution in [0.1, 0.15) is 26.7 Å². The lowest BCUT2D eigenvalue weighted by molar-refractivity contribution is 0.226. The number of hydrogen-bond acceptors (Lipinski definition) is 3. The minimum atomic E-state index is -2.16. The van der Waals surface area contributed by atoms with E-state index in [-0.39, 0.29) is 0 Å². The van der Waals surface area contributed by atoms with E-state index in [4.69, 9.17) is 9.05 Å². The van der Waals surface area contributed by atoms with Crippen LogP contribution in [0.5, 0.6) is 0 Å². The minimum absolute atomic E-state index is 0.529. The van der Waals surface area contributed by atoms with Crippen LogP contribution in [0.4, 0.5) is 0 Å². The number of hydrogen-bond donors (Lipinski definition) is 0. The highest BCUT2D eigenvalue weighted by molar-refractivity contribution is 7.33. The van der Waals surface area contributed by atoms with Gasteiger partial charge in [-0.2, -0.15) is 0 Å². The van der Waals surface area contributed by atoms with E-state index >= 15 is 0 Å². The van der Waals surface area contributed by atoms with Crippen LogP contribution >= 0.6 is 8.25 Å². The summed E-state index contributed by atoms with van der Waals surface area (Å²) in [5.74, 6) is 0. The van der Waals surface area contributed by atoms with E-state index < -0.39 is 8.25 Å². The van der Waals surface area contributed by atoms with Crippen LogP contribution in [0.2, 0.25) is 0 Å². The fraction of sp³-hybridized carbons (Fsp3) is 1.00. The quantitative estimate of drug-likeness (QED) is 0.567. The van der Waals surface area contributed by atoms with Crippen LogP contribution in [0, 0.1) is 0 Å². The molecule has 0 bridgehead atoms. The van der Waals surface area contributed by atoms with E-state index in [1.165, 1.54) is 0 Å². The van der Waals surface area contributed by atoms with Gasteiger partial charge in [-0.05, 0) is 12.8 Å². The Morgan fingerprint density at radius 3 is 1.80 bits per heavy atom. The zero-order chi connectivity index (χ0) is 7.82. The van der Waals surface area contributed by atoms with Crippen molar-refractivity contribution in [3.63, 3.8) is 0 Å². The monoisotopic (exact) mass is 166 g/mol. The Hall–Kier alpha value is 0.150. The fourth-order valence-electron chi connectivity index (χ4n) is 0.412. The molecule has 0 radical (unpaired) electrons. The van der Waals surface area contributed by atoms with E-state index in [2.05, 4.69) is 0 Å². The van der Waals surface area contributed by atoms with Crippen molar-refractivity contribution in [2.75, 3.05) is 13.2 Å². The van der Waals surface area contributed by atoms with Crippen LogP contribution in [-0.2, 0) is 13.6 Å². The highest BCUT2D eigenvalue weighted by Crippen LogP contribution is 2.23. The Labute approximate surface area is 62.7 Å². The molecular formula is C6H15O3P. The maximum Gasteiger partial charge on any atom is 0.319 e. The molecule has 0 saturated heterocycles. The smallest absolute Gasteiger partial charge is 0.311 e. The molecule has 0 rings (SSSR count). The molecule has 0 spiro atoms. The fourth-order valence-corrected chi connectivity index (χ4v) is 1.24. The molecule has 0 N–H and O–H groups in total. The van der Waals surface area contributed by atoms with Crippen LogP contribution < -0.4 is 0 Å². The normalized spacial score (nSPS) is 10.7. The van der Waals surface area contributed by atoms with Gasteiger partial charge < -0.3 is 9.05 Å². The Bertz CT molecular complexity index is 85.0. The van der Waals surface area contributed by atoms with Gasteiger partial charge in [0.2, 0.25) is 0 Å². The second-order valence-electron chi connectivity index (χ2n) is 1.95. The molecule has 0 aliphatic heterocycles. The second kappa shape index (κ2) is 7.26. The third-order valence-electron chi connectivity index (χ3n) is 0.848. The van der Waals surface area contributed by atoms with Crippen molar-refractivity contribution in [3.8, 4) is 0 Å². The standard InChI is InChI=1S/C6H15O3P/c1-3-5-8-10(7)9-6-4-2/h10H,3-6H2,1-2H3. The average Bonchev–Trinajstić information content (AvgIpc) is 1.97. The van der Waals surface area contributed by atoms with Gasteiger partial charge in [-0.1, -0.05) is 13.8 Å². The second-order valence-corrected chi connectivity index (χ2v) is 3.02. The van der Waals surface area contributed by atoms with Crippen LogP contribution in [-0.4, -0.2) is 13.2 Å². The highest BCUT2D eigenvalue weighted by atomic mass is 31.1. The maximum atomic E-state index is 10.7. The van der Waals surface area contributed by atoms with Crippen molar-refractivity contribution >= 4 is 8.25 Å². The van der Waals surface area contributed by atoms with E-state index in [0.717, 1.165) is 12.8 Å². The molecule has 10 heavy (non-hydrogen) atoms. The Kier molecular flexibility index (Phi) is 7.37. The summed E-state index contributed by atoms with van der Waals surface area (Å²) < 4.78 is 20.3. The summed E-state index contributed by atoms with van der Waals surface area (Å²) in [4.78, 5) is 0. The summed E-state index contributed by atoms with van der Waals surface area (Å²) in [7, 11) is -2.16. The van der Waals surface area contributed by atoms with E-state index in [0.29, 0.717) is 13.2 Å². The summed E-state index contributed by atoms with van der Waals surface area (Å²) in [5, 5.41) is 0. The first-order valence-corrected chi connectivity index (χ1v) is 4.83. The first kappa shape index (κ1) is 10.2. The lowest BCUT2D eigenvalue weighted by Gasteiger charge is -2.01. The Balaban J connectivity index is 3.09. The van der Waals surface area contributed by atoms with Gasteiger partial charge in [0, 0.05) is 0 Å². The van der Waals surface area contributed by atoms with E-state index in [1.807, 2.05) is 13.8 Å². The van der Waals surface area contributed by atoms with Gasteiger partial charge in [0.1, 0.15) is 0 Å². The van der Waals surface area contributed by atoms with Crippen molar-refractivity contribution in [2.24, 2.45) is 0 Å². The third-order valence-corrected chi connectivity index (χ3v) is 1.73. The molecule has 0 aromatic rings. The molecule has 0 heterocycles. The van der Waals surface area contributed by atoms with Gasteiger partial charge in [0.05, 0.1) is 13.2 Å². The highest BCUT2D eigenvalue weighted by Gasteiger charge is 1.95. The molecule has 3 nitrogen and oxygen atoms in total. The SMILES string of the molecule is CCCO[PH](=O)OCCC. The molecule has 0 unspecified atom stereocenters. The molecule has 0 saturated carbocycles. The van der Waals surface area contributed by atoms with Gasteiger partial charge in [0.15, 0.2) is 0 Å². The van der Waals surface area contributed by atoms with Crippen molar-refractivity contribution in [2.45, 2.75) is 26.7 Å². The zero-order valence-corrected chi connectivity index (χ0v) is 7.55. The van der Waals surface area contributed by atoms with E-state index in [1.54, 1.807) is 0 Å². The molecule has 0 atom stereocenters. The maximum absolute atomic E-state index is 10.7. The molecule has 0 aromatic carbocycles. The first-order valence-electron chi connectivity index (χ1n) is 3.60. The molecule has 0 aliphatic rings. The first-order chi connectivity index (χ1) is 4.81. The van der Waals surface area contributed by atoms with Gasteiger partial charge >= 0.3 is 8.25 Å². The van der Waals surface area contributed by atoms with Crippen molar-refractivity contribution in [1.82, 2.24) is 0 Å². The molecular weight excluding hydrogens is 151 g/mol. The summed E-state index contributed by atoms with van der Waals surface area (Å²) in [6.45, 7) is 4.99. The Morgan fingerprint density at radius 1 is 1.10 bits per heavy atom. The van der Waals surface area contributed by atoms with E-state index in [9.17, 15) is 4.57 Å². The largest absolute Gasteiger partial charge is 0.319 e. The number of rotatable bonds is 6. The topological polar surface area (TPSA) is 35.5 Å². The van der Waals surface area contributed by atoms with Gasteiger partial charge in [-0.25, -0.2) is 0 Å². The summed E-state index contributed by atoms with van der Waals surface area (Å²) in [5.41, 5.74) is 0. The van der Waals surface area contributed by atoms with Crippen molar-refractivity contribution < 1.29 is 13.6 Å². The Morgan fingerprint density at radius 2 is 1.50 bits per heavy atom. The van der Waals surface area contributed by atoms with Crippen LogP contribution in [0.15, 0.2) is 0 Å². The van der Waals surface area contributed by atoms with Gasteiger partial charge in [-0.15, -0.1) is 0 Å². The molecule has 0 fully saturated rings. The van der Waals surface area contributed by atoms with Crippen LogP contribution in [0.3, 0.4) is 0 Å². The predicted octanol–water partition coefficient (Wildman–Crippen LogP) is 2.23. The molecule has 0 aliphatic carbocycles. The molecule has 62 valence electrons. The summed E-state index contributed by atoms with van der Waals surface area (Å²) in [6, 6.07) is 0. The summed E-state index contributed by atoms with van der Waals surface area (Å²) >= 11 is 0.